The van der Waals surface area contributed by atoms with Crippen LogP contribution in [0.5, 0.6) is 0 Å². The fourth-order valence-corrected chi connectivity index (χ4v) is 21.0. The van der Waals surface area contributed by atoms with Crippen LogP contribution in [0, 0.1) is 46.5 Å². The first-order valence-electron chi connectivity index (χ1n) is 64.5. The molecule has 0 N–H and O–H groups in total. The lowest BCUT2D eigenvalue weighted by molar-refractivity contribution is -0.661. The summed E-state index contributed by atoms with van der Waals surface area (Å²) in [6.07, 6.45) is 12.9. The third kappa shape index (κ3) is 21.7. The SMILES string of the molecule is CCc1ccc2c(n1)oc1c(-c3cc(C(C)C)c(CC(C)C)c[n+]3C)c(C)ccc12.Cc1ccc2c(oc3nc(C(C)C)ccc32)c1-c1cc(C(C)C)c(CC(C)C)c[n+]1C.[2H]C(C)(C)c1cc(-c2c(C)ccc3c2oc2nc(C(C)C)ccc23)[n+](C)cc1C(C)C.[2H]C([2H])([2H])C([2H])(C)c1cc(-c2c(C)ccc3c2oc2nc(C(C)C)ccc23)[n+](C)cc1C([2H])(C([2H])([2H])[2H])C([2H])([2H])[2H].[2H]C([2H])([2H])C([2H])(C)c1cc(-c2c(C)ccc3c2oc2nc(CC)ccc23)[n+](C)cc1C([2H])(C([2H])([2H])[2H])C([2H])([2H])[2H]. The summed E-state index contributed by atoms with van der Waals surface area (Å²) in [5.74, 6) is -8.58. The molecule has 0 bridgehead atoms. The Bertz CT molecular complexity index is 9550. The smallest absolute Gasteiger partial charge is 0.227 e. The van der Waals surface area contributed by atoms with Crippen molar-refractivity contribution in [2.24, 2.45) is 47.1 Å². The first-order chi connectivity index (χ1) is 80.1. The molecule has 0 spiro atoms. The molecular formula is C135H165N10O5+5. The molecule has 0 saturated carbocycles. The molecule has 150 heavy (non-hydrogen) atoms. The van der Waals surface area contributed by atoms with Crippen molar-refractivity contribution in [1.82, 2.24) is 24.9 Å². The van der Waals surface area contributed by atoms with Gasteiger partial charge in [-0.15, -0.1) is 0 Å². The second kappa shape index (κ2) is 44.6. The third-order valence-electron chi connectivity index (χ3n) is 29.2. The molecule has 20 rings (SSSR count). The number of furan rings is 5. The van der Waals surface area contributed by atoms with Gasteiger partial charge in [-0.05, 0) is 253 Å². The number of hydrogen-bond donors (Lipinski definition) is 0. The van der Waals surface area contributed by atoms with E-state index >= 15 is 0 Å². The van der Waals surface area contributed by atoms with E-state index in [0.717, 1.165) is 190 Å². The standard InChI is InChI=1S/C28H35N2O.3C27H33N2O.C26H31N2O/c1-16(2)13-20-15-30(8)25(14-23(20)17(3)4)26-19(7)9-10-21-22-11-12-24(18(5)6)29-28(22)31-27(21)26;2*1-15(2)21-13-24(29(8)14-22(21)16(3)4)25-18(7)9-10-19-20-11-12-23(17(5)6)28-27(20)30-26(19)25;1-8-20-10-12-22-21-11-9-18(6)25(26(21)30-27(22)28-20)24-14-23(17(4)5)19(13-16(2)3)15-29(24)7;1-8-18-10-12-20-19-11-9-17(6)24(25(19)29-26(20)27-18)23-13-21(15(2)3)22(16(4)5)14-28(23)7/h9-12,14-18H,13H2,1-8H3;2*9-17H,1-8H3;9-12,14-17H,8,13H2,1-7H3;9-16H,8H2,1-7H3/q5*+1/i;1D3,3D3,4D3,15D,16D;15D;;2D3,4D3,5D3,15D,16D. The van der Waals surface area contributed by atoms with Crippen LogP contribution in [0.2, 0.25) is 0 Å². The number of hydrogen-bond acceptors (Lipinski definition) is 10. The molecule has 2 unspecified atom stereocenters. The normalized spacial score (nSPS) is 15.9. The summed E-state index contributed by atoms with van der Waals surface area (Å²) < 4.78 is 230. The maximum absolute atomic E-state index is 8.89. The second-order valence-corrected chi connectivity index (χ2v) is 43.9. The maximum Gasteiger partial charge on any atom is 0.227 e. The summed E-state index contributed by atoms with van der Waals surface area (Å²) >= 11 is 0. The zero-order valence-corrected chi connectivity index (χ0v) is 93.8. The molecule has 0 fully saturated rings. The number of rotatable bonds is 22. The highest BCUT2D eigenvalue weighted by atomic mass is 16.4. The highest BCUT2D eigenvalue weighted by molar-refractivity contribution is 6.13. The molecule has 0 aliphatic rings. The topological polar surface area (TPSA) is 150 Å². The highest BCUT2D eigenvalue weighted by Crippen LogP contribution is 2.47. The first kappa shape index (κ1) is 82.4. The average Bonchev–Trinajstić information content (AvgIpc) is 0.994. The van der Waals surface area contributed by atoms with Gasteiger partial charge in [0.1, 0.15) is 35.2 Å². The zero-order valence-electron chi connectivity index (χ0n) is 117. The lowest BCUT2D eigenvalue weighted by atomic mass is 9.90. The van der Waals surface area contributed by atoms with E-state index in [2.05, 4.69) is 279 Å². The van der Waals surface area contributed by atoms with Gasteiger partial charge in [0.15, 0.2) is 58.9 Å². The summed E-state index contributed by atoms with van der Waals surface area (Å²) in [7, 11) is 9.48. The Morgan fingerprint density at radius 2 is 0.473 bits per heavy atom. The molecule has 5 aromatic carbocycles. The summed E-state index contributed by atoms with van der Waals surface area (Å²) in [4.78, 5) is 23.6. The molecule has 0 saturated heterocycles. The van der Waals surface area contributed by atoms with Crippen LogP contribution < -0.4 is 22.8 Å². The van der Waals surface area contributed by atoms with Gasteiger partial charge < -0.3 is 22.1 Å². The molecule has 0 amide bonds. The van der Waals surface area contributed by atoms with Crippen molar-refractivity contribution in [3.63, 3.8) is 0 Å². The van der Waals surface area contributed by atoms with Crippen LogP contribution in [-0.2, 0) is 60.9 Å². The molecule has 20 aromatic rings. The van der Waals surface area contributed by atoms with Crippen molar-refractivity contribution in [1.29, 1.82) is 0 Å². The van der Waals surface area contributed by atoms with E-state index in [9.17, 15) is 0 Å². The van der Waals surface area contributed by atoms with E-state index in [1.54, 1.807) is 14.1 Å². The van der Waals surface area contributed by atoms with Crippen LogP contribution in [0.3, 0.4) is 0 Å². The fourth-order valence-electron chi connectivity index (χ4n) is 21.0. The third-order valence-corrected chi connectivity index (χ3v) is 29.2. The van der Waals surface area contributed by atoms with Gasteiger partial charge in [0.2, 0.25) is 57.0 Å². The van der Waals surface area contributed by atoms with E-state index in [0.29, 0.717) is 98.7 Å². The minimum absolute atomic E-state index is 0.165. The molecule has 780 valence electrons. The van der Waals surface area contributed by atoms with Crippen molar-refractivity contribution in [2.75, 3.05) is 0 Å². The summed E-state index contributed by atoms with van der Waals surface area (Å²) in [5, 5.41) is 9.62. The number of fused-ring (bicyclic) bond motifs is 15. The predicted octanol–water partition coefficient (Wildman–Crippen LogP) is 34.8. The average molecular weight is 2030 g/mol. The number of benzene rings is 5. The van der Waals surface area contributed by atoms with Crippen molar-refractivity contribution in [3.05, 3.63) is 295 Å². The van der Waals surface area contributed by atoms with Gasteiger partial charge in [-0.1, -0.05) is 254 Å². The van der Waals surface area contributed by atoms with Gasteiger partial charge >= 0.3 is 0 Å². The van der Waals surface area contributed by atoms with Crippen LogP contribution in [0.1, 0.15) is 402 Å². The lowest BCUT2D eigenvalue weighted by Gasteiger charge is -2.16. The van der Waals surface area contributed by atoms with Gasteiger partial charge in [0, 0.05) is 172 Å². The van der Waals surface area contributed by atoms with Crippen molar-refractivity contribution < 1.29 is 76.4 Å². The van der Waals surface area contributed by atoms with E-state index in [1.807, 2.05) is 97.0 Å². The van der Waals surface area contributed by atoms with Crippen LogP contribution in [-0.4, -0.2) is 24.9 Å². The van der Waals surface area contributed by atoms with E-state index in [1.165, 1.54) is 82.7 Å². The molecule has 0 aliphatic heterocycles. The van der Waals surface area contributed by atoms with E-state index in [4.69, 9.17) is 68.6 Å². The molecular weight excluding hydrogens is 1840 g/mol. The van der Waals surface area contributed by atoms with Crippen LogP contribution in [0.25, 0.3) is 167 Å². The number of nitrogens with zero attached hydrogens (tertiary/aromatic N) is 10. The molecule has 15 heterocycles. The Morgan fingerprint density at radius 3 is 0.707 bits per heavy atom. The Kier molecular flexibility index (Phi) is 24.5. The fraction of sp³-hybridized carbons (Fsp3) is 0.407. The lowest BCUT2D eigenvalue weighted by Crippen LogP contribution is -2.32. The van der Waals surface area contributed by atoms with Crippen molar-refractivity contribution in [3.8, 4) is 56.3 Å². The summed E-state index contributed by atoms with van der Waals surface area (Å²) in [6, 6.07) is 50.6. The zero-order chi connectivity index (χ0) is 128. The van der Waals surface area contributed by atoms with Crippen LogP contribution in [0.4, 0.5) is 0 Å². The second-order valence-electron chi connectivity index (χ2n) is 43.9. The molecule has 15 nitrogen and oxygen atoms in total. The largest absolute Gasteiger partial charge is 0.437 e. The van der Waals surface area contributed by atoms with Crippen molar-refractivity contribution in [2.45, 2.75) is 319 Å². The van der Waals surface area contributed by atoms with Gasteiger partial charge in [-0.3, -0.25) is 0 Å². The summed E-state index contributed by atoms with van der Waals surface area (Å²) in [6.45, 7) is 36.2. The monoisotopic (exact) mass is 2030 g/mol. The predicted molar refractivity (Wildman–Crippen MR) is 625 cm³/mol. The van der Waals surface area contributed by atoms with Gasteiger partial charge in [0.05, 0.1) is 27.8 Å². The molecule has 2 atom stereocenters. The molecule has 15 heteroatoms. The molecule has 15 aromatic heterocycles. The highest BCUT2D eigenvalue weighted by Gasteiger charge is 2.34. The van der Waals surface area contributed by atoms with Gasteiger partial charge in [-0.2, -0.15) is 0 Å². The number of aryl methyl sites for hydroxylation is 12. The molecule has 0 radical (unpaired) electrons. The molecule has 0 aliphatic carbocycles. The van der Waals surface area contributed by atoms with Gasteiger partial charge in [0.25, 0.3) is 0 Å². The minimum atomic E-state index is -3.37. The summed E-state index contributed by atoms with van der Waals surface area (Å²) in [5.41, 5.74) is 31.3. The van der Waals surface area contributed by atoms with E-state index < -0.39 is 81.7 Å². The first-order valence-corrected chi connectivity index (χ1v) is 53.0. The van der Waals surface area contributed by atoms with Gasteiger partial charge in [-0.25, -0.2) is 47.8 Å². The Labute approximate surface area is 923 Å². The number of pyridine rings is 10. The van der Waals surface area contributed by atoms with Crippen LogP contribution >= 0.6 is 0 Å². The Hall–Kier alpha value is -13.4. The minimum Gasteiger partial charge on any atom is -0.437 e. The maximum atomic E-state index is 8.89. The van der Waals surface area contributed by atoms with Crippen molar-refractivity contribution >= 4 is 110 Å². The number of aromatic nitrogens is 10. The Morgan fingerprint density at radius 1 is 0.247 bits per heavy atom. The Balaban J connectivity index is 0.000000151. The van der Waals surface area contributed by atoms with E-state index in [-0.39, 0.29) is 17.0 Å². The quantitative estimate of drug-likeness (QED) is 0.0600. The van der Waals surface area contributed by atoms with Crippen LogP contribution in [0.15, 0.2) is 205 Å².